The van der Waals surface area contributed by atoms with Gasteiger partial charge in [0.15, 0.2) is 11.2 Å². The molecule has 0 radical (unpaired) electrons. The molecule has 31 heavy (non-hydrogen) atoms. The van der Waals surface area contributed by atoms with Crippen LogP contribution in [0.4, 0.5) is 5.95 Å². The van der Waals surface area contributed by atoms with Crippen LogP contribution in [0.25, 0.3) is 11.2 Å². The molecule has 0 aliphatic heterocycles. The van der Waals surface area contributed by atoms with E-state index in [-0.39, 0.29) is 16.9 Å². The summed E-state index contributed by atoms with van der Waals surface area (Å²) in [6, 6.07) is 13.8. The minimum Gasteiger partial charge on any atom is -0.508 e. The Morgan fingerprint density at radius 2 is 1.87 bits per heavy atom. The minimum atomic E-state index is -0.469. The second kappa shape index (κ2) is 8.11. The molecule has 0 spiro atoms. The molecule has 158 valence electrons. The van der Waals surface area contributed by atoms with E-state index in [4.69, 9.17) is 11.6 Å². The third-order valence-electron chi connectivity index (χ3n) is 4.85. The number of fused-ring (bicyclic) bond motifs is 1. The van der Waals surface area contributed by atoms with Crippen molar-refractivity contribution >= 4 is 34.9 Å². The van der Waals surface area contributed by atoms with Gasteiger partial charge in [-0.1, -0.05) is 35.9 Å². The molecule has 9 nitrogen and oxygen atoms in total. The molecule has 2 aromatic heterocycles. The van der Waals surface area contributed by atoms with E-state index < -0.39 is 11.2 Å². The molecule has 2 N–H and O–H groups in total. The quantitative estimate of drug-likeness (QED) is 0.367. The highest BCUT2D eigenvalue weighted by molar-refractivity contribution is 6.30. The highest BCUT2D eigenvalue weighted by Crippen LogP contribution is 2.19. The number of aromatic hydroxyl groups is 1. The first-order chi connectivity index (χ1) is 14.8. The van der Waals surface area contributed by atoms with Crippen molar-refractivity contribution < 1.29 is 5.11 Å². The number of aryl methyl sites for hydroxylation is 1. The summed E-state index contributed by atoms with van der Waals surface area (Å²) in [6.07, 6.45) is 1.52. The van der Waals surface area contributed by atoms with Gasteiger partial charge in [0.1, 0.15) is 5.75 Å². The molecule has 10 heteroatoms. The van der Waals surface area contributed by atoms with Crippen LogP contribution in [0.1, 0.15) is 11.1 Å². The zero-order chi connectivity index (χ0) is 22.1. The van der Waals surface area contributed by atoms with Crippen LogP contribution in [-0.2, 0) is 20.6 Å². The highest BCUT2D eigenvalue weighted by Gasteiger charge is 2.19. The first kappa shape index (κ1) is 20.4. The summed E-state index contributed by atoms with van der Waals surface area (Å²) in [5.74, 6) is 0.414. The first-order valence-electron chi connectivity index (χ1n) is 9.34. The molecule has 2 heterocycles. The summed E-state index contributed by atoms with van der Waals surface area (Å²) in [5, 5.41) is 14.4. The molecule has 0 saturated carbocycles. The van der Waals surface area contributed by atoms with E-state index in [0.29, 0.717) is 23.1 Å². The van der Waals surface area contributed by atoms with Gasteiger partial charge in [0.2, 0.25) is 5.95 Å². The smallest absolute Gasteiger partial charge is 0.332 e. The van der Waals surface area contributed by atoms with Gasteiger partial charge in [-0.25, -0.2) is 10.2 Å². The molecule has 0 bridgehead atoms. The molecule has 0 aliphatic carbocycles. The standard InChI is InChI=1S/C21H19ClN6O3/c1-26-18-17(19(30)27(2)21(26)31)28(12-13-6-8-15(22)9-7-13)20(24-18)25-23-11-14-4-3-5-16(29)10-14/h3-11,29H,12H2,1-2H3,(H,24,25)/b23-11+. The van der Waals surface area contributed by atoms with E-state index in [2.05, 4.69) is 15.5 Å². The minimum absolute atomic E-state index is 0.123. The van der Waals surface area contributed by atoms with Gasteiger partial charge in [0.05, 0.1) is 12.8 Å². The van der Waals surface area contributed by atoms with Gasteiger partial charge < -0.3 is 5.11 Å². The molecular weight excluding hydrogens is 420 g/mol. The topological polar surface area (TPSA) is 106 Å². The Labute approximate surface area is 181 Å². The molecule has 0 saturated heterocycles. The van der Waals surface area contributed by atoms with Crippen molar-refractivity contribution in [1.82, 2.24) is 18.7 Å². The highest BCUT2D eigenvalue weighted by atomic mass is 35.5. The monoisotopic (exact) mass is 438 g/mol. The van der Waals surface area contributed by atoms with E-state index >= 15 is 0 Å². The van der Waals surface area contributed by atoms with Crippen LogP contribution in [0, 0.1) is 0 Å². The maximum atomic E-state index is 12.9. The number of phenols is 1. The Bertz CT molecular complexity index is 1420. The average molecular weight is 439 g/mol. The first-order valence-corrected chi connectivity index (χ1v) is 9.72. The fourth-order valence-corrected chi connectivity index (χ4v) is 3.35. The van der Waals surface area contributed by atoms with E-state index in [1.807, 2.05) is 12.1 Å². The zero-order valence-electron chi connectivity index (χ0n) is 16.8. The van der Waals surface area contributed by atoms with Gasteiger partial charge in [0, 0.05) is 19.1 Å². The van der Waals surface area contributed by atoms with E-state index in [1.54, 1.807) is 48.0 Å². The fraction of sp³-hybridized carbons (Fsp3) is 0.143. The van der Waals surface area contributed by atoms with Gasteiger partial charge in [-0.15, -0.1) is 0 Å². The normalized spacial score (nSPS) is 11.5. The Morgan fingerprint density at radius 3 is 2.58 bits per heavy atom. The summed E-state index contributed by atoms with van der Waals surface area (Å²) < 4.78 is 4.03. The van der Waals surface area contributed by atoms with Gasteiger partial charge in [0.25, 0.3) is 5.56 Å². The molecule has 0 amide bonds. The number of hydrogen-bond acceptors (Lipinski definition) is 6. The number of halogens is 1. The average Bonchev–Trinajstić information content (AvgIpc) is 3.11. The van der Waals surface area contributed by atoms with E-state index in [1.165, 1.54) is 17.8 Å². The Balaban J connectivity index is 1.82. The predicted molar refractivity (Wildman–Crippen MR) is 120 cm³/mol. The van der Waals surface area contributed by atoms with Crippen LogP contribution in [0.3, 0.4) is 0 Å². The Kier molecular flexibility index (Phi) is 5.35. The van der Waals surface area contributed by atoms with Crippen molar-refractivity contribution in [2.24, 2.45) is 19.2 Å². The van der Waals surface area contributed by atoms with Crippen molar-refractivity contribution in [2.45, 2.75) is 6.54 Å². The van der Waals surface area contributed by atoms with Crippen LogP contribution in [0.5, 0.6) is 5.75 Å². The Morgan fingerprint density at radius 1 is 1.13 bits per heavy atom. The van der Waals surface area contributed by atoms with E-state index in [9.17, 15) is 14.7 Å². The number of aromatic nitrogens is 4. The molecule has 0 aliphatic rings. The number of nitrogens with one attached hydrogen (secondary N) is 1. The maximum Gasteiger partial charge on any atom is 0.332 e. The number of hydrogen-bond donors (Lipinski definition) is 2. The number of benzene rings is 2. The van der Waals surface area contributed by atoms with Crippen molar-refractivity contribution in [1.29, 1.82) is 0 Å². The third kappa shape index (κ3) is 3.95. The molecule has 2 aromatic carbocycles. The van der Waals surface area contributed by atoms with Crippen molar-refractivity contribution in [3.8, 4) is 5.75 Å². The van der Waals surface area contributed by atoms with E-state index in [0.717, 1.165) is 10.1 Å². The summed E-state index contributed by atoms with van der Waals surface area (Å²) >= 11 is 5.98. The number of phenolic OH excluding ortho intramolecular Hbond substituents is 1. The van der Waals surface area contributed by atoms with Crippen molar-refractivity contribution in [3.63, 3.8) is 0 Å². The van der Waals surface area contributed by atoms with Gasteiger partial charge >= 0.3 is 5.69 Å². The lowest BCUT2D eigenvalue weighted by atomic mass is 10.2. The summed E-state index contributed by atoms with van der Waals surface area (Å²) in [7, 11) is 2.99. The number of anilines is 1. The number of nitrogens with zero attached hydrogens (tertiary/aromatic N) is 5. The van der Waals surface area contributed by atoms with Crippen LogP contribution in [-0.4, -0.2) is 30.0 Å². The molecule has 0 unspecified atom stereocenters. The lowest BCUT2D eigenvalue weighted by Crippen LogP contribution is -2.37. The summed E-state index contributed by atoms with van der Waals surface area (Å²) in [5.41, 5.74) is 4.01. The summed E-state index contributed by atoms with van der Waals surface area (Å²) in [4.78, 5) is 29.7. The summed E-state index contributed by atoms with van der Waals surface area (Å²) in [6.45, 7) is 0.311. The van der Waals surface area contributed by atoms with Gasteiger partial charge in [-0.2, -0.15) is 10.1 Å². The third-order valence-corrected chi connectivity index (χ3v) is 5.10. The van der Waals surface area contributed by atoms with Gasteiger partial charge in [-0.3, -0.25) is 18.5 Å². The number of imidazole rings is 1. The molecule has 0 fully saturated rings. The van der Waals surface area contributed by atoms with Crippen molar-refractivity contribution in [2.75, 3.05) is 5.43 Å². The fourth-order valence-electron chi connectivity index (χ4n) is 3.23. The van der Waals surface area contributed by atoms with Crippen LogP contribution >= 0.6 is 11.6 Å². The van der Waals surface area contributed by atoms with Crippen LogP contribution < -0.4 is 16.7 Å². The van der Waals surface area contributed by atoms with Crippen LogP contribution in [0.15, 0.2) is 63.2 Å². The van der Waals surface area contributed by atoms with Gasteiger partial charge in [-0.05, 0) is 35.4 Å². The van der Waals surface area contributed by atoms with Crippen LogP contribution in [0.2, 0.25) is 5.02 Å². The second-order valence-corrected chi connectivity index (χ2v) is 7.43. The zero-order valence-corrected chi connectivity index (χ0v) is 17.5. The molecule has 0 atom stereocenters. The SMILES string of the molecule is Cn1c(=O)c2c(nc(N/N=C/c3cccc(O)c3)n2Cc2ccc(Cl)cc2)n(C)c1=O. The lowest BCUT2D eigenvalue weighted by molar-refractivity contribution is 0.475. The largest absolute Gasteiger partial charge is 0.508 e. The molecule has 4 rings (SSSR count). The Hall–Kier alpha value is -3.85. The molecular formula is C21H19ClN6O3. The lowest BCUT2D eigenvalue weighted by Gasteiger charge is -2.09. The number of hydrazone groups is 1. The van der Waals surface area contributed by atoms with Crippen molar-refractivity contribution in [3.05, 3.63) is 85.5 Å². The predicted octanol–water partition coefficient (Wildman–Crippen LogP) is 2.29. The maximum absolute atomic E-state index is 12.9. The second-order valence-electron chi connectivity index (χ2n) is 6.99. The number of rotatable bonds is 5. The molecule has 4 aromatic rings.